The molecule has 1 aromatic heterocycles. The molecule has 0 spiro atoms. The molecule has 1 atom stereocenters. The second-order valence-corrected chi connectivity index (χ2v) is 6.38. The van der Waals surface area contributed by atoms with Crippen LogP contribution in [-0.2, 0) is 5.60 Å². The maximum Gasteiger partial charge on any atom is 0.254 e. The molecule has 2 aromatic rings. The molecule has 124 valence electrons. The molecule has 3 rings (SSSR count). The average Bonchev–Trinajstić information content (AvgIpc) is 3.22. The van der Waals surface area contributed by atoms with Crippen molar-refractivity contribution in [2.24, 2.45) is 0 Å². The Morgan fingerprint density at radius 3 is 2.92 bits per heavy atom. The molecule has 0 radical (unpaired) electrons. The van der Waals surface area contributed by atoms with Gasteiger partial charge in [0, 0.05) is 24.6 Å². The Labute approximate surface area is 140 Å². The van der Waals surface area contributed by atoms with E-state index in [0.717, 1.165) is 0 Å². The Bertz CT molecular complexity index is 807. The summed E-state index contributed by atoms with van der Waals surface area (Å²) in [6, 6.07) is 8.76. The van der Waals surface area contributed by atoms with Gasteiger partial charge in [-0.15, -0.1) is 5.10 Å². The average molecular weight is 325 g/mol. The zero-order chi connectivity index (χ0) is 17.3. The molecule has 0 bridgehead atoms. The summed E-state index contributed by atoms with van der Waals surface area (Å²) in [6.07, 6.45) is 2.14. The Kier molecular flexibility index (Phi) is 4.08. The minimum atomic E-state index is -1.18. The molecule has 24 heavy (non-hydrogen) atoms. The first-order chi connectivity index (χ1) is 11.4. The summed E-state index contributed by atoms with van der Waals surface area (Å²) in [5, 5.41) is 27.9. The molecule has 1 fully saturated rings. The van der Waals surface area contributed by atoms with Crippen molar-refractivity contribution in [3.63, 3.8) is 0 Å². The van der Waals surface area contributed by atoms with Gasteiger partial charge in [-0.1, -0.05) is 11.3 Å². The van der Waals surface area contributed by atoms with Gasteiger partial charge in [-0.3, -0.25) is 4.79 Å². The molecule has 1 amide bonds. The van der Waals surface area contributed by atoms with Crippen LogP contribution in [0.2, 0.25) is 0 Å². The fourth-order valence-electron chi connectivity index (χ4n) is 2.82. The Morgan fingerprint density at radius 1 is 1.46 bits per heavy atom. The summed E-state index contributed by atoms with van der Waals surface area (Å²) in [6.45, 7) is 4.56. The first-order valence-corrected chi connectivity index (χ1v) is 7.87. The number of nitriles is 1. The molecule has 7 heteroatoms. The molecule has 1 aromatic carbocycles. The smallest absolute Gasteiger partial charge is 0.254 e. The highest BCUT2D eigenvalue weighted by Gasteiger charge is 2.42. The molecule has 0 aliphatic carbocycles. The minimum Gasteiger partial charge on any atom is -0.381 e. The number of aromatic nitrogens is 3. The third kappa shape index (κ3) is 2.88. The van der Waals surface area contributed by atoms with E-state index >= 15 is 0 Å². The van der Waals surface area contributed by atoms with Crippen molar-refractivity contribution in [3.8, 4) is 6.07 Å². The third-order valence-electron chi connectivity index (χ3n) is 4.29. The zero-order valence-electron chi connectivity index (χ0n) is 13.7. The van der Waals surface area contributed by atoms with Crippen LogP contribution in [0.15, 0.2) is 30.5 Å². The van der Waals surface area contributed by atoms with Crippen molar-refractivity contribution >= 4 is 5.91 Å². The number of nitrogens with zero attached hydrogens (tertiary/aromatic N) is 5. The highest BCUT2D eigenvalue weighted by molar-refractivity contribution is 5.94. The van der Waals surface area contributed by atoms with Crippen LogP contribution in [0.3, 0.4) is 0 Å². The minimum absolute atomic E-state index is 0.155. The maximum atomic E-state index is 12.6. The summed E-state index contributed by atoms with van der Waals surface area (Å²) in [4.78, 5) is 14.2. The van der Waals surface area contributed by atoms with Crippen molar-refractivity contribution < 1.29 is 9.90 Å². The quantitative estimate of drug-likeness (QED) is 0.922. The molecule has 2 heterocycles. The van der Waals surface area contributed by atoms with E-state index in [1.165, 1.54) is 0 Å². The normalized spacial score (nSPS) is 20.4. The van der Waals surface area contributed by atoms with Gasteiger partial charge >= 0.3 is 0 Å². The number of amides is 1. The molecule has 0 saturated carbocycles. The molecule has 1 aliphatic rings. The number of aliphatic hydroxyl groups is 1. The summed E-state index contributed by atoms with van der Waals surface area (Å²) < 4.78 is 1.69. The summed E-state index contributed by atoms with van der Waals surface area (Å²) in [5.41, 5.74) is 0.187. The zero-order valence-corrected chi connectivity index (χ0v) is 13.7. The summed E-state index contributed by atoms with van der Waals surface area (Å²) in [5.74, 6) is -0.195. The summed E-state index contributed by atoms with van der Waals surface area (Å²) in [7, 11) is 0. The van der Waals surface area contributed by atoms with Gasteiger partial charge in [-0.05, 0) is 32.0 Å². The molecular formula is C17H19N5O2. The van der Waals surface area contributed by atoms with Crippen LogP contribution in [0.1, 0.15) is 47.9 Å². The van der Waals surface area contributed by atoms with E-state index in [4.69, 9.17) is 5.26 Å². The lowest BCUT2D eigenvalue weighted by Gasteiger charge is -2.21. The standard InChI is InChI=1S/C17H19N5O2/c1-12(2)22-10-15(19-20-22)17(24)6-7-21(11-17)16(23)14-5-3-4-13(8-14)9-18/h3-5,8,10,12,24H,6-7,11H2,1-2H3/t17-/m1/s1. The highest BCUT2D eigenvalue weighted by Crippen LogP contribution is 2.31. The SMILES string of the molecule is CC(C)n1cc([C@@]2(O)CCN(C(=O)c3cccc(C#N)c3)C2)nn1. The van der Waals surface area contributed by atoms with Gasteiger partial charge in [0.05, 0.1) is 24.4 Å². The van der Waals surface area contributed by atoms with E-state index < -0.39 is 5.60 Å². The van der Waals surface area contributed by atoms with Gasteiger partial charge in [0.25, 0.3) is 5.91 Å². The van der Waals surface area contributed by atoms with Crippen molar-refractivity contribution in [1.29, 1.82) is 5.26 Å². The second-order valence-electron chi connectivity index (χ2n) is 6.38. The molecule has 1 aliphatic heterocycles. The molecule has 1 N–H and O–H groups in total. The predicted octanol–water partition coefficient (Wildman–Crippen LogP) is 1.46. The van der Waals surface area contributed by atoms with Crippen molar-refractivity contribution in [3.05, 3.63) is 47.3 Å². The van der Waals surface area contributed by atoms with Crippen LogP contribution in [0.4, 0.5) is 0 Å². The number of carbonyl (C=O) groups is 1. The first-order valence-electron chi connectivity index (χ1n) is 7.87. The van der Waals surface area contributed by atoms with Gasteiger partial charge < -0.3 is 10.0 Å². The van der Waals surface area contributed by atoms with Gasteiger partial charge in [0.1, 0.15) is 11.3 Å². The Hall–Kier alpha value is -2.72. The highest BCUT2D eigenvalue weighted by atomic mass is 16.3. The van der Waals surface area contributed by atoms with Crippen LogP contribution < -0.4 is 0 Å². The molecular weight excluding hydrogens is 306 g/mol. The number of benzene rings is 1. The van der Waals surface area contributed by atoms with Crippen LogP contribution >= 0.6 is 0 Å². The van der Waals surface area contributed by atoms with Crippen molar-refractivity contribution in [1.82, 2.24) is 19.9 Å². The van der Waals surface area contributed by atoms with Gasteiger partial charge in [-0.2, -0.15) is 5.26 Å². The van der Waals surface area contributed by atoms with E-state index in [-0.39, 0.29) is 18.5 Å². The molecule has 7 nitrogen and oxygen atoms in total. The van der Waals surface area contributed by atoms with E-state index in [0.29, 0.717) is 29.8 Å². The second kappa shape index (κ2) is 6.06. The lowest BCUT2D eigenvalue weighted by molar-refractivity contribution is 0.0381. The Balaban J connectivity index is 1.78. The predicted molar refractivity (Wildman–Crippen MR) is 86.0 cm³/mol. The van der Waals surface area contributed by atoms with Crippen molar-refractivity contribution in [2.45, 2.75) is 31.9 Å². The number of likely N-dealkylation sites (tertiary alicyclic amines) is 1. The van der Waals surface area contributed by atoms with Crippen LogP contribution in [-0.4, -0.2) is 44.0 Å². The molecule has 0 unspecified atom stereocenters. The van der Waals surface area contributed by atoms with E-state index in [1.807, 2.05) is 19.9 Å². The third-order valence-corrected chi connectivity index (χ3v) is 4.29. The van der Waals surface area contributed by atoms with Crippen LogP contribution in [0.25, 0.3) is 0 Å². The van der Waals surface area contributed by atoms with Crippen molar-refractivity contribution in [2.75, 3.05) is 13.1 Å². The number of carbonyl (C=O) groups excluding carboxylic acids is 1. The fourth-order valence-corrected chi connectivity index (χ4v) is 2.82. The fraction of sp³-hybridized carbons (Fsp3) is 0.412. The van der Waals surface area contributed by atoms with Gasteiger partial charge in [-0.25, -0.2) is 4.68 Å². The molecule has 1 saturated heterocycles. The topological polar surface area (TPSA) is 95.0 Å². The van der Waals surface area contributed by atoms with E-state index in [1.54, 1.807) is 40.0 Å². The number of rotatable bonds is 3. The van der Waals surface area contributed by atoms with Crippen LogP contribution in [0.5, 0.6) is 0 Å². The van der Waals surface area contributed by atoms with E-state index in [2.05, 4.69) is 10.3 Å². The van der Waals surface area contributed by atoms with Crippen LogP contribution in [0, 0.1) is 11.3 Å². The maximum absolute atomic E-state index is 12.6. The van der Waals surface area contributed by atoms with Gasteiger partial charge in [0.2, 0.25) is 0 Å². The lowest BCUT2D eigenvalue weighted by Crippen LogP contribution is -2.34. The lowest BCUT2D eigenvalue weighted by atomic mass is 10.00. The first kappa shape index (κ1) is 16.1. The Morgan fingerprint density at radius 2 is 2.25 bits per heavy atom. The number of hydrogen-bond acceptors (Lipinski definition) is 5. The number of β-amino-alcohol motifs (C(OH)–C–C–N with tert-alkyl or cyclic N) is 1. The van der Waals surface area contributed by atoms with E-state index in [9.17, 15) is 9.90 Å². The number of hydrogen-bond donors (Lipinski definition) is 1. The summed E-state index contributed by atoms with van der Waals surface area (Å²) >= 11 is 0. The van der Waals surface area contributed by atoms with Gasteiger partial charge in [0.15, 0.2) is 0 Å². The largest absolute Gasteiger partial charge is 0.381 e. The monoisotopic (exact) mass is 325 g/mol.